The molecular weight excluding hydrogens is 202 g/mol. The van der Waals surface area contributed by atoms with E-state index in [-0.39, 0.29) is 6.42 Å². The van der Waals surface area contributed by atoms with E-state index < -0.39 is 18.0 Å². The van der Waals surface area contributed by atoms with Crippen LogP contribution >= 0.6 is 0 Å². The van der Waals surface area contributed by atoms with Crippen molar-refractivity contribution in [2.45, 2.75) is 12.8 Å². The van der Waals surface area contributed by atoms with Crippen molar-refractivity contribution in [1.82, 2.24) is 0 Å². The first kappa shape index (κ1) is 9.76. The lowest BCUT2D eigenvalue weighted by molar-refractivity contribution is -0.115. The molecule has 1 aromatic rings. The maximum absolute atomic E-state index is 12.5. The molecule has 1 aliphatic rings. The highest BCUT2D eigenvalue weighted by Gasteiger charge is 2.21. The first-order chi connectivity index (χ1) is 7.16. The molecule has 15 heavy (non-hydrogen) atoms. The molecule has 0 bridgehead atoms. The minimum atomic E-state index is -2.69. The Morgan fingerprint density at radius 1 is 1.33 bits per heavy atom. The van der Waals surface area contributed by atoms with Crippen LogP contribution < -0.4 is 5.32 Å². The van der Waals surface area contributed by atoms with Crippen LogP contribution in [-0.4, -0.2) is 18.0 Å². The largest absolute Gasteiger partial charge is 0.324 e. The van der Waals surface area contributed by atoms with Crippen molar-refractivity contribution in [2.75, 3.05) is 5.32 Å². The van der Waals surface area contributed by atoms with Crippen molar-refractivity contribution in [2.24, 2.45) is 4.99 Å². The van der Waals surface area contributed by atoms with E-state index in [0.717, 1.165) is 0 Å². The van der Waals surface area contributed by atoms with Crippen molar-refractivity contribution < 1.29 is 13.6 Å². The highest BCUT2D eigenvalue weighted by atomic mass is 19.3. The van der Waals surface area contributed by atoms with Gasteiger partial charge < -0.3 is 5.32 Å². The van der Waals surface area contributed by atoms with Crippen molar-refractivity contribution >= 4 is 23.0 Å². The number of carbonyl (C=O) groups excluding carboxylic acids is 1. The maximum atomic E-state index is 12.5. The molecule has 1 amide bonds. The molecule has 1 heterocycles. The summed E-state index contributed by atoms with van der Waals surface area (Å²) in [5, 5.41) is 2.52. The van der Waals surface area contributed by atoms with E-state index in [1.807, 2.05) is 0 Å². The third-order valence-electron chi connectivity index (χ3n) is 2.04. The number of alkyl halides is 2. The van der Waals surface area contributed by atoms with Gasteiger partial charge in [0.2, 0.25) is 5.91 Å². The topological polar surface area (TPSA) is 41.5 Å². The molecule has 3 nitrogen and oxygen atoms in total. The van der Waals surface area contributed by atoms with Crippen LogP contribution in [0.25, 0.3) is 0 Å². The van der Waals surface area contributed by atoms with Gasteiger partial charge in [0.05, 0.1) is 23.5 Å². The predicted molar refractivity (Wildman–Crippen MR) is 52.8 cm³/mol. The molecular formula is C10H8F2N2O. The monoisotopic (exact) mass is 210 g/mol. The Labute approximate surface area is 84.8 Å². The fourth-order valence-corrected chi connectivity index (χ4v) is 1.36. The van der Waals surface area contributed by atoms with E-state index in [0.29, 0.717) is 11.4 Å². The van der Waals surface area contributed by atoms with Crippen LogP contribution in [0.5, 0.6) is 0 Å². The number of rotatable bonds is 1. The predicted octanol–water partition coefficient (Wildman–Crippen LogP) is 2.37. The molecule has 0 spiro atoms. The van der Waals surface area contributed by atoms with Gasteiger partial charge in [0.1, 0.15) is 0 Å². The first-order valence-corrected chi connectivity index (χ1v) is 4.41. The number of amides is 1. The summed E-state index contributed by atoms with van der Waals surface area (Å²) in [4.78, 5) is 15.0. The van der Waals surface area contributed by atoms with Gasteiger partial charge in [-0.15, -0.1) is 0 Å². The zero-order valence-electron chi connectivity index (χ0n) is 7.71. The summed E-state index contributed by atoms with van der Waals surface area (Å²) in [5.41, 5.74) is 0.453. The molecule has 1 aromatic carbocycles. The van der Waals surface area contributed by atoms with Crippen LogP contribution in [-0.2, 0) is 4.79 Å². The average Bonchev–Trinajstić information content (AvgIpc) is 2.35. The molecule has 0 fully saturated rings. The number of anilines is 1. The number of halogens is 2. The molecule has 0 aromatic heterocycles. The maximum Gasteiger partial charge on any atom is 0.277 e. The molecule has 0 saturated carbocycles. The van der Waals surface area contributed by atoms with E-state index in [2.05, 4.69) is 10.3 Å². The summed E-state index contributed by atoms with van der Waals surface area (Å²) >= 11 is 0. The van der Waals surface area contributed by atoms with Crippen LogP contribution in [0.15, 0.2) is 29.3 Å². The molecule has 5 heteroatoms. The van der Waals surface area contributed by atoms with Gasteiger partial charge in [-0.1, -0.05) is 12.1 Å². The van der Waals surface area contributed by atoms with Gasteiger partial charge in [0.25, 0.3) is 6.43 Å². The fraction of sp³-hybridized carbons (Fsp3) is 0.200. The van der Waals surface area contributed by atoms with Gasteiger partial charge in [-0.2, -0.15) is 0 Å². The Morgan fingerprint density at radius 2 is 2.07 bits per heavy atom. The lowest BCUT2D eigenvalue weighted by Crippen LogP contribution is -2.18. The summed E-state index contributed by atoms with van der Waals surface area (Å²) < 4.78 is 24.9. The van der Waals surface area contributed by atoms with Crippen molar-refractivity contribution in [3.05, 3.63) is 24.3 Å². The van der Waals surface area contributed by atoms with Crippen LogP contribution in [0.1, 0.15) is 6.42 Å². The number of para-hydroxylation sites is 2. The van der Waals surface area contributed by atoms with Gasteiger partial charge in [-0.05, 0) is 12.1 Å². The molecule has 1 aliphatic heterocycles. The Balaban J connectivity index is 2.47. The number of fused-ring (bicyclic) bond motifs is 1. The molecule has 0 atom stereocenters. The van der Waals surface area contributed by atoms with Gasteiger partial charge >= 0.3 is 0 Å². The Morgan fingerprint density at radius 3 is 2.80 bits per heavy atom. The smallest absolute Gasteiger partial charge is 0.277 e. The minimum absolute atomic E-state index is 0.355. The number of hydrogen-bond donors (Lipinski definition) is 1. The quantitative estimate of drug-likeness (QED) is 0.759. The van der Waals surface area contributed by atoms with E-state index in [9.17, 15) is 13.6 Å². The van der Waals surface area contributed by atoms with Gasteiger partial charge in [-0.3, -0.25) is 4.79 Å². The normalized spacial score (nSPS) is 15.4. The zero-order chi connectivity index (χ0) is 10.8. The number of nitrogens with zero attached hydrogens (tertiary/aromatic N) is 1. The number of benzene rings is 1. The number of nitrogens with one attached hydrogen (secondary N) is 1. The van der Waals surface area contributed by atoms with E-state index in [1.54, 1.807) is 24.3 Å². The number of aliphatic imine (C=N–C) groups is 1. The lowest BCUT2D eigenvalue weighted by atomic mass is 10.2. The van der Waals surface area contributed by atoms with Gasteiger partial charge in [-0.25, -0.2) is 13.8 Å². The first-order valence-electron chi connectivity index (χ1n) is 4.41. The highest BCUT2D eigenvalue weighted by Crippen LogP contribution is 2.28. The molecule has 0 radical (unpaired) electrons. The molecule has 0 saturated heterocycles. The average molecular weight is 210 g/mol. The van der Waals surface area contributed by atoms with Gasteiger partial charge in [0.15, 0.2) is 0 Å². The highest BCUT2D eigenvalue weighted by molar-refractivity contribution is 6.11. The summed E-state index contributed by atoms with van der Waals surface area (Å²) in [5.74, 6) is -0.459. The third-order valence-corrected chi connectivity index (χ3v) is 2.04. The second kappa shape index (κ2) is 3.76. The Kier molecular flexibility index (Phi) is 2.45. The number of hydrogen-bond acceptors (Lipinski definition) is 2. The summed E-state index contributed by atoms with van der Waals surface area (Å²) in [6.45, 7) is 0. The van der Waals surface area contributed by atoms with Crippen molar-refractivity contribution in [3.63, 3.8) is 0 Å². The Bertz CT molecular complexity index is 429. The van der Waals surface area contributed by atoms with Crippen LogP contribution in [0.4, 0.5) is 20.2 Å². The SMILES string of the molecule is O=C1CC(C(F)F)=Nc2ccccc2N1. The third kappa shape index (κ3) is 2.01. The van der Waals surface area contributed by atoms with Crippen LogP contribution in [0.2, 0.25) is 0 Å². The number of carbonyl (C=O) groups is 1. The molecule has 78 valence electrons. The summed E-state index contributed by atoms with van der Waals surface area (Å²) in [6, 6.07) is 6.61. The van der Waals surface area contributed by atoms with E-state index >= 15 is 0 Å². The summed E-state index contributed by atoms with van der Waals surface area (Å²) in [7, 11) is 0. The minimum Gasteiger partial charge on any atom is -0.324 e. The lowest BCUT2D eigenvalue weighted by Gasteiger charge is -2.02. The Hall–Kier alpha value is -1.78. The second-order valence-electron chi connectivity index (χ2n) is 3.15. The van der Waals surface area contributed by atoms with Crippen LogP contribution in [0, 0.1) is 0 Å². The van der Waals surface area contributed by atoms with E-state index in [4.69, 9.17) is 0 Å². The van der Waals surface area contributed by atoms with E-state index in [1.165, 1.54) is 0 Å². The molecule has 1 N–H and O–H groups in total. The standard InChI is InChI=1S/C10H8F2N2O/c11-10(12)8-5-9(15)14-7-4-2-1-3-6(7)13-8/h1-4,10H,5H2,(H,14,15). The van der Waals surface area contributed by atoms with Crippen LogP contribution in [0.3, 0.4) is 0 Å². The molecule has 0 aliphatic carbocycles. The molecule has 2 rings (SSSR count). The molecule has 0 unspecified atom stereocenters. The second-order valence-corrected chi connectivity index (χ2v) is 3.15. The van der Waals surface area contributed by atoms with Crippen molar-refractivity contribution in [1.29, 1.82) is 0 Å². The zero-order valence-corrected chi connectivity index (χ0v) is 7.71. The van der Waals surface area contributed by atoms with Crippen molar-refractivity contribution in [3.8, 4) is 0 Å². The van der Waals surface area contributed by atoms with Gasteiger partial charge in [0, 0.05) is 0 Å². The summed E-state index contributed by atoms with van der Waals surface area (Å²) in [6.07, 6.45) is -3.05. The fourth-order valence-electron chi connectivity index (χ4n) is 1.36.